The number of hydrogen-bond donors (Lipinski definition) is 0. The SMILES string of the molecule is CC1SCC(=O)N1CCCCN1CCN(c2ccc(F)cc2)CC1. The Labute approximate surface area is 148 Å². The summed E-state index contributed by atoms with van der Waals surface area (Å²) in [6.45, 7) is 8.18. The molecule has 0 bridgehead atoms. The van der Waals surface area contributed by atoms with E-state index >= 15 is 0 Å². The molecule has 2 fully saturated rings. The maximum atomic E-state index is 13.0. The zero-order chi connectivity index (χ0) is 16.9. The van der Waals surface area contributed by atoms with Gasteiger partial charge in [0.1, 0.15) is 5.82 Å². The minimum absolute atomic E-state index is 0.179. The number of amides is 1. The Morgan fingerprint density at radius 1 is 1.08 bits per heavy atom. The van der Waals surface area contributed by atoms with Crippen molar-refractivity contribution in [3.63, 3.8) is 0 Å². The lowest BCUT2D eigenvalue weighted by atomic mass is 10.2. The van der Waals surface area contributed by atoms with Gasteiger partial charge in [-0.3, -0.25) is 9.69 Å². The zero-order valence-corrected chi connectivity index (χ0v) is 15.1. The van der Waals surface area contributed by atoms with E-state index in [0.717, 1.165) is 57.8 Å². The standard InChI is InChI=1S/C18H26FN3OS/c1-15-22(18(23)14-24-15)9-3-2-8-20-10-12-21(13-11-20)17-6-4-16(19)5-7-17/h4-7,15H,2-3,8-14H2,1H3. The predicted octanol–water partition coefficient (Wildman–Crippen LogP) is 2.65. The monoisotopic (exact) mass is 351 g/mol. The van der Waals surface area contributed by atoms with E-state index < -0.39 is 0 Å². The number of carbonyl (C=O) groups excluding carboxylic acids is 1. The second-order valence-electron chi connectivity index (χ2n) is 6.51. The number of unbranched alkanes of at least 4 members (excludes halogenated alkanes) is 1. The number of anilines is 1. The van der Waals surface area contributed by atoms with E-state index in [9.17, 15) is 9.18 Å². The van der Waals surface area contributed by atoms with E-state index in [0.29, 0.717) is 17.0 Å². The Hall–Kier alpha value is -1.27. The molecule has 1 unspecified atom stereocenters. The van der Waals surface area contributed by atoms with Gasteiger partial charge in [0, 0.05) is 38.4 Å². The van der Waals surface area contributed by atoms with E-state index in [4.69, 9.17) is 0 Å². The minimum atomic E-state index is -0.179. The Morgan fingerprint density at radius 3 is 2.38 bits per heavy atom. The van der Waals surface area contributed by atoms with Crippen LogP contribution in [0.25, 0.3) is 0 Å². The second-order valence-corrected chi connectivity index (χ2v) is 7.81. The van der Waals surface area contributed by atoms with Crippen LogP contribution in [0, 0.1) is 5.82 Å². The highest BCUT2D eigenvalue weighted by Crippen LogP contribution is 2.24. The summed E-state index contributed by atoms with van der Waals surface area (Å²) in [6.07, 6.45) is 2.21. The molecule has 0 aromatic heterocycles. The number of hydrogen-bond acceptors (Lipinski definition) is 4. The number of piperazine rings is 1. The maximum absolute atomic E-state index is 13.0. The van der Waals surface area contributed by atoms with Crippen LogP contribution in [0.3, 0.4) is 0 Å². The van der Waals surface area contributed by atoms with Crippen LogP contribution in [0.15, 0.2) is 24.3 Å². The first-order chi connectivity index (χ1) is 11.6. The fourth-order valence-electron chi connectivity index (χ4n) is 3.37. The molecule has 0 N–H and O–H groups in total. The van der Waals surface area contributed by atoms with Crippen molar-refractivity contribution < 1.29 is 9.18 Å². The van der Waals surface area contributed by atoms with Crippen LogP contribution in [-0.4, -0.2) is 66.1 Å². The fourth-order valence-corrected chi connectivity index (χ4v) is 4.33. The maximum Gasteiger partial charge on any atom is 0.233 e. The summed E-state index contributed by atoms with van der Waals surface area (Å²) in [6, 6.07) is 6.77. The molecule has 1 atom stereocenters. The van der Waals surface area contributed by atoms with Gasteiger partial charge in [0.15, 0.2) is 0 Å². The molecule has 2 aliphatic rings. The van der Waals surface area contributed by atoms with E-state index in [1.54, 1.807) is 11.8 Å². The van der Waals surface area contributed by atoms with Gasteiger partial charge in [0.25, 0.3) is 0 Å². The summed E-state index contributed by atoms with van der Waals surface area (Å²) in [5.41, 5.74) is 1.11. The van der Waals surface area contributed by atoms with Gasteiger partial charge >= 0.3 is 0 Å². The molecule has 0 spiro atoms. The third kappa shape index (κ3) is 4.42. The largest absolute Gasteiger partial charge is 0.369 e. The Balaban J connectivity index is 1.34. The molecule has 24 heavy (non-hydrogen) atoms. The molecular formula is C18H26FN3OS. The van der Waals surface area contributed by atoms with Crippen molar-refractivity contribution in [3.8, 4) is 0 Å². The van der Waals surface area contributed by atoms with Gasteiger partial charge in [-0.05, 0) is 50.6 Å². The lowest BCUT2D eigenvalue weighted by molar-refractivity contribution is -0.127. The van der Waals surface area contributed by atoms with Crippen molar-refractivity contribution in [1.29, 1.82) is 0 Å². The topological polar surface area (TPSA) is 26.8 Å². The highest BCUT2D eigenvalue weighted by atomic mass is 32.2. The molecule has 1 aromatic rings. The molecule has 4 nitrogen and oxygen atoms in total. The molecule has 2 heterocycles. The van der Waals surface area contributed by atoms with E-state index in [1.165, 1.54) is 12.1 Å². The summed E-state index contributed by atoms with van der Waals surface area (Å²) >= 11 is 1.74. The molecule has 132 valence electrons. The van der Waals surface area contributed by atoms with Gasteiger partial charge in [-0.15, -0.1) is 11.8 Å². The van der Waals surface area contributed by atoms with Crippen LogP contribution in [0.2, 0.25) is 0 Å². The Morgan fingerprint density at radius 2 is 1.75 bits per heavy atom. The van der Waals surface area contributed by atoms with Crippen molar-refractivity contribution in [2.45, 2.75) is 25.1 Å². The zero-order valence-electron chi connectivity index (χ0n) is 14.3. The first kappa shape index (κ1) is 17.5. The summed E-state index contributed by atoms with van der Waals surface area (Å²) < 4.78 is 13.0. The molecule has 1 aromatic carbocycles. The smallest absolute Gasteiger partial charge is 0.233 e. The summed E-state index contributed by atoms with van der Waals surface area (Å²) in [5, 5.41) is 0.344. The highest BCUT2D eigenvalue weighted by molar-refractivity contribution is 8.00. The molecule has 3 rings (SSSR count). The van der Waals surface area contributed by atoms with Crippen LogP contribution in [0.1, 0.15) is 19.8 Å². The normalized spacial score (nSPS) is 22.4. The summed E-state index contributed by atoms with van der Waals surface area (Å²) in [5.74, 6) is 0.758. The first-order valence-electron chi connectivity index (χ1n) is 8.77. The lowest BCUT2D eigenvalue weighted by Gasteiger charge is -2.36. The average Bonchev–Trinajstić information content (AvgIpc) is 2.92. The number of rotatable bonds is 6. The third-order valence-corrected chi connectivity index (χ3v) is 6.05. The predicted molar refractivity (Wildman–Crippen MR) is 97.9 cm³/mol. The van der Waals surface area contributed by atoms with Gasteiger partial charge in [0.2, 0.25) is 5.91 Å². The van der Waals surface area contributed by atoms with Gasteiger partial charge in [0.05, 0.1) is 11.1 Å². The highest BCUT2D eigenvalue weighted by Gasteiger charge is 2.27. The average molecular weight is 351 g/mol. The molecule has 2 aliphatic heterocycles. The number of thioether (sulfide) groups is 1. The lowest BCUT2D eigenvalue weighted by Crippen LogP contribution is -2.46. The van der Waals surface area contributed by atoms with Crippen LogP contribution >= 0.6 is 11.8 Å². The van der Waals surface area contributed by atoms with Crippen molar-refractivity contribution in [1.82, 2.24) is 9.80 Å². The van der Waals surface area contributed by atoms with Crippen molar-refractivity contribution in [3.05, 3.63) is 30.1 Å². The molecule has 0 aliphatic carbocycles. The van der Waals surface area contributed by atoms with Crippen molar-refractivity contribution in [2.24, 2.45) is 0 Å². The first-order valence-corrected chi connectivity index (χ1v) is 9.82. The van der Waals surface area contributed by atoms with Crippen LogP contribution < -0.4 is 4.90 Å². The number of nitrogens with zero attached hydrogens (tertiary/aromatic N) is 3. The number of benzene rings is 1. The summed E-state index contributed by atoms with van der Waals surface area (Å²) in [7, 11) is 0. The molecule has 1 amide bonds. The number of carbonyl (C=O) groups is 1. The van der Waals surface area contributed by atoms with E-state index in [1.807, 2.05) is 17.0 Å². The summed E-state index contributed by atoms with van der Waals surface area (Å²) in [4.78, 5) is 18.6. The van der Waals surface area contributed by atoms with Crippen molar-refractivity contribution in [2.75, 3.05) is 49.9 Å². The molecule has 6 heteroatoms. The van der Waals surface area contributed by atoms with E-state index in [-0.39, 0.29) is 5.82 Å². The van der Waals surface area contributed by atoms with Gasteiger partial charge in [-0.25, -0.2) is 4.39 Å². The quantitative estimate of drug-likeness (QED) is 0.736. The molecule has 0 radical (unpaired) electrons. The number of halogens is 1. The third-order valence-electron chi connectivity index (χ3n) is 4.89. The van der Waals surface area contributed by atoms with Gasteiger partial charge < -0.3 is 9.80 Å². The van der Waals surface area contributed by atoms with Gasteiger partial charge in [-0.1, -0.05) is 0 Å². The van der Waals surface area contributed by atoms with Crippen LogP contribution in [0.4, 0.5) is 10.1 Å². The second kappa shape index (κ2) is 8.21. The molecular weight excluding hydrogens is 325 g/mol. The van der Waals surface area contributed by atoms with Crippen LogP contribution in [-0.2, 0) is 4.79 Å². The van der Waals surface area contributed by atoms with Gasteiger partial charge in [-0.2, -0.15) is 0 Å². The van der Waals surface area contributed by atoms with E-state index in [2.05, 4.69) is 16.7 Å². The minimum Gasteiger partial charge on any atom is -0.369 e. The Kier molecular flexibility index (Phi) is 6.00. The molecule has 0 saturated carbocycles. The van der Waals surface area contributed by atoms with Crippen molar-refractivity contribution >= 4 is 23.4 Å². The molecule has 2 saturated heterocycles. The fraction of sp³-hybridized carbons (Fsp3) is 0.611. The Bertz CT molecular complexity index is 546. The van der Waals surface area contributed by atoms with Crippen LogP contribution in [0.5, 0.6) is 0 Å².